The number of fused-ring (bicyclic) bond motifs is 3. The molecule has 0 saturated heterocycles. The Bertz CT molecular complexity index is 992. The molecular formula is C24H30N4O2. The monoisotopic (exact) mass is 406 g/mol. The molecule has 3 aromatic rings. The lowest BCUT2D eigenvalue weighted by molar-refractivity contribution is -0.0577. The zero-order valence-corrected chi connectivity index (χ0v) is 17.6. The summed E-state index contributed by atoms with van der Waals surface area (Å²) in [6.45, 7) is 1.90. The van der Waals surface area contributed by atoms with Gasteiger partial charge in [-0.2, -0.15) is 0 Å². The maximum Gasteiger partial charge on any atom is 0.221 e. The van der Waals surface area contributed by atoms with Gasteiger partial charge in [0, 0.05) is 24.5 Å². The lowest BCUT2D eigenvalue weighted by atomic mass is 9.62. The molecule has 158 valence electrons. The van der Waals surface area contributed by atoms with Crippen LogP contribution >= 0.6 is 0 Å². The van der Waals surface area contributed by atoms with E-state index in [0.717, 1.165) is 74.4 Å². The number of imidazole rings is 1. The van der Waals surface area contributed by atoms with Gasteiger partial charge in [0.25, 0.3) is 0 Å². The molecule has 30 heavy (non-hydrogen) atoms. The quantitative estimate of drug-likeness (QED) is 0.590. The highest BCUT2D eigenvalue weighted by molar-refractivity contribution is 5.74. The van der Waals surface area contributed by atoms with Gasteiger partial charge in [-0.1, -0.05) is 18.2 Å². The van der Waals surface area contributed by atoms with Crippen LogP contribution in [0.15, 0.2) is 47.2 Å². The standard InChI is InChI=1S/C24H30N4O2/c1-28(12-4-7-22-26-20-5-2-3-6-21(20)27-22)13-10-24(29)16-17-8-9-18(24)15-19(17)23-25-11-14-30-23/h2-3,5-6,11,14-15,17-18,29H,4,7-10,12-13,16H2,1H3,(H,26,27)/t17-,18-,24+/m0/s1. The second-order valence-electron chi connectivity index (χ2n) is 9.01. The second kappa shape index (κ2) is 8.00. The van der Waals surface area contributed by atoms with Crippen molar-refractivity contribution < 1.29 is 9.52 Å². The first kappa shape index (κ1) is 19.5. The van der Waals surface area contributed by atoms with Crippen molar-refractivity contribution in [2.45, 2.75) is 44.1 Å². The molecule has 0 amide bonds. The van der Waals surface area contributed by atoms with Crippen LogP contribution in [-0.4, -0.2) is 50.7 Å². The summed E-state index contributed by atoms with van der Waals surface area (Å²) in [5.74, 6) is 2.34. The molecule has 6 nitrogen and oxygen atoms in total. The lowest BCUT2D eigenvalue weighted by Gasteiger charge is -2.47. The van der Waals surface area contributed by atoms with Crippen LogP contribution in [0.25, 0.3) is 16.6 Å². The summed E-state index contributed by atoms with van der Waals surface area (Å²) >= 11 is 0. The molecule has 0 spiro atoms. The molecule has 1 saturated carbocycles. The Morgan fingerprint density at radius 2 is 2.17 bits per heavy atom. The fourth-order valence-corrected chi connectivity index (χ4v) is 5.22. The number of para-hydroxylation sites is 2. The topological polar surface area (TPSA) is 78.2 Å². The molecule has 1 aromatic carbocycles. The fraction of sp³-hybridized carbons (Fsp3) is 0.500. The first-order valence-electron chi connectivity index (χ1n) is 11.1. The van der Waals surface area contributed by atoms with Crippen LogP contribution in [0.1, 0.15) is 43.8 Å². The van der Waals surface area contributed by atoms with E-state index in [2.05, 4.69) is 39.0 Å². The molecule has 3 aliphatic rings. The first-order chi connectivity index (χ1) is 14.6. The van der Waals surface area contributed by atoms with Gasteiger partial charge >= 0.3 is 0 Å². The molecule has 6 rings (SSSR count). The number of nitrogens with zero attached hydrogens (tertiary/aromatic N) is 3. The highest BCUT2D eigenvalue weighted by Gasteiger charge is 2.47. The summed E-state index contributed by atoms with van der Waals surface area (Å²) in [5, 5.41) is 11.4. The second-order valence-corrected chi connectivity index (χ2v) is 9.01. The number of rotatable bonds is 8. The number of H-pyrrole nitrogens is 1. The van der Waals surface area contributed by atoms with E-state index in [0.29, 0.717) is 5.92 Å². The fourth-order valence-electron chi connectivity index (χ4n) is 5.22. The predicted molar refractivity (Wildman–Crippen MR) is 117 cm³/mol. The molecule has 0 unspecified atom stereocenters. The number of benzene rings is 1. The summed E-state index contributed by atoms with van der Waals surface area (Å²) < 4.78 is 5.52. The predicted octanol–water partition coefficient (Wildman–Crippen LogP) is 4.05. The number of hydrogen-bond acceptors (Lipinski definition) is 5. The van der Waals surface area contributed by atoms with E-state index in [4.69, 9.17) is 4.42 Å². The van der Waals surface area contributed by atoms with Gasteiger partial charge in [-0.15, -0.1) is 0 Å². The molecule has 3 atom stereocenters. The minimum absolute atomic E-state index is 0.202. The summed E-state index contributed by atoms with van der Waals surface area (Å²) in [6, 6.07) is 8.16. The van der Waals surface area contributed by atoms with Gasteiger partial charge in [0.2, 0.25) is 5.89 Å². The Kier molecular flexibility index (Phi) is 5.21. The molecule has 2 N–H and O–H groups in total. The smallest absolute Gasteiger partial charge is 0.221 e. The van der Waals surface area contributed by atoms with Crippen molar-refractivity contribution in [1.82, 2.24) is 19.9 Å². The van der Waals surface area contributed by atoms with Crippen LogP contribution in [-0.2, 0) is 6.42 Å². The summed E-state index contributed by atoms with van der Waals surface area (Å²) in [7, 11) is 2.15. The van der Waals surface area contributed by atoms with Crippen LogP contribution in [0.3, 0.4) is 0 Å². The number of oxazole rings is 1. The van der Waals surface area contributed by atoms with E-state index in [1.165, 1.54) is 5.57 Å². The summed E-state index contributed by atoms with van der Waals surface area (Å²) in [6.07, 6.45) is 11.4. The van der Waals surface area contributed by atoms with Gasteiger partial charge in [0.1, 0.15) is 12.1 Å². The van der Waals surface area contributed by atoms with Gasteiger partial charge in [-0.25, -0.2) is 9.97 Å². The Labute approximate surface area is 177 Å². The first-order valence-corrected chi connectivity index (χ1v) is 11.1. The summed E-state index contributed by atoms with van der Waals surface area (Å²) in [5.41, 5.74) is 2.73. The molecule has 0 aliphatic heterocycles. The maximum absolute atomic E-state index is 11.4. The van der Waals surface area contributed by atoms with E-state index in [1.807, 2.05) is 18.2 Å². The molecule has 2 heterocycles. The third kappa shape index (κ3) is 3.82. The SMILES string of the molecule is CN(CCCc1nc2ccccc2[nH]1)CC[C@@]1(O)C[C@@H]2CC[C@H]1C=C2c1ncco1. The van der Waals surface area contributed by atoms with Gasteiger partial charge in [0.05, 0.1) is 22.8 Å². The Hall–Kier alpha value is -2.44. The maximum atomic E-state index is 11.4. The molecule has 6 heteroatoms. The third-order valence-corrected chi connectivity index (χ3v) is 6.93. The molecule has 2 bridgehead atoms. The number of nitrogens with one attached hydrogen (secondary N) is 1. The van der Waals surface area contributed by atoms with Crippen molar-refractivity contribution in [3.8, 4) is 0 Å². The number of aryl methyl sites for hydroxylation is 1. The van der Waals surface area contributed by atoms with E-state index >= 15 is 0 Å². The number of hydrogen-bond donors (Lipinski definition) is 2. The van der Waals surface area contributed by atoms with Crippen LogP contribution in [0.4, 0.5) is 0 Å². The van der Waals surface area contributed by atoms with Crippen molar-refractivity contribution in [1.29, 1.82) is 0 Å². The number of aliphatic hydroxyl groups is 1. The average Bonchev–Trinajstić information content (AvgIpc) is 3.42. The van der Waals surface area contributed by atoms with Crippen molar-refractivity contribution in [3.05, 3.63) is 54.5 Å². The molecule has 2 aromatic heterocycles. The minimum Gasteiger partial charge on any atom is -0.445 e. The Morgan fingerprint density at radius 3 is 2.93 bits per heavy atom. The van der Waals surface area contributed by atoms with Crippen LogP contribution in [0.2, 0.25) is 0 Å². The number of aromatic nitrogens is 3. The Balaban J connectivity index is 1.12. The zero-order chi connectivity index (χ0) is 20.6. The largest absolute Gasteiger partial charge is 0.445 e. The molecule has 0 radical (unpaired) electrons. The minimum atomic E-state index is -0.605. The van der Waals surface area contributed by atoms with Gasteiger partial charge in [-0.3, -0.25) is 0 Å². The molecule has 1 fully saturated rings. The van der Waals surface area contributed by atoms with E-state index in [-0.39, 0.29) is 5.92 Å². The highest BCUT2D eigenvalue weighted by Crippen LogP contribution is 2.50. The van der Waals surface area contributed by atoms with Crippen LogP contribution in [0, 0.1) is 11.8 Å². The van der Waals surface area contributed by atoms with Crippen LogP contribution in [0.5, 0.6) is 0 Å². The molecular weight excluding hydrogens is 376 g/mol. The van der Waals surface area contributed by atoms with E-state index < -0.39 is 5.60 Å². The van der Waals surface area contributed by atoms with Gasteiger partial charge in [0.15, 0.2) is 0 Å². The third-order valence-electron chi connectivity index (χ3n) is 6.93. The van der Waals surface area contributed by atoms with E-state index in [9.17, 15) is 5.11 Å². The zero-order valence-electron chi connectivity index (χ0n) is 17.6. The molecule has 3 aliphatic carbocycles. The van der Waals surface area contributed by atoms with Crippen molar-refractivity contribution >= 4 is 16.6 Å². The van der Waals surface area contributed by atoms with Gasteiger partial charge in [-0.05, 0) is 63.7 Å². The van der Waals surface area contributed by atoms with Crippen molar-refractivity contribution in [3.63, 3.8) is 0 Å². The van der Waals surface area contributed by atoms with Gasteiger partial charge < -0.3 is 19.4 Å². The van der Waals surface area contributed by atoms with Crippen molar-refractivity contribution in [2.24, 2.45) is 11.8 Å². The van der Waals surface area contributed by atoms with E-state index in [1.54, 1.807) is 12.5 Å². The summed E-state index contributed by atoms with van der Waals surface area (Å²) in [4.78, 5) is 14.7. The normalized spacial score (nSPS) is 25.9. The number of aromatic amines is 1. The number of allylic oxidation sites excluding steroid dienone is 1. The highest BCUT2D eigenvalue weighted by atomic mass is 16.3. The average molecular weight is 407 g/mol. The Morgan fingerprint density at radius 1 is 1.27 bits per heavy atom. The lowest BCUT2D eigenvalue weighted by Crippen LogP contribution is -2.48. The van der Waals surface area contributed by atoms with Crippen molar-refractivity contribution in [2.75, 3.05) is 20.1 Å². The van der Waals surface area contributed by atoms with Crippen LogP contribution < -0.4 is 0 Å².